The molecule has 25 heavy (non-hydrogen) atoms. The first-order chi connectivity index (χ1) is 12.2. The van der Waals surface area contributed by atoms with Gasteiger partial charge in [-0.2, -0.15) is 5.10 Å². The topological polar surface area (TPSA) is 61.5 Å². The van der Waals surface area contributed by atoms with Crippen LogP contribution in [-0.4, -0.2) is 27.7 Å². The van der Waals surface area contributed by atoms with Crippen LogP contribution in [0.3, 0.4) is 0 Å². The fraction of sp³-hybridized carbons (Fsp3) is 0.167. The minimum Gasteiger partial charge on any atom is -0.490 e. The second-order valence-corrected chi connectivity index (χ2v) is 6.06. The quantitative estimate of drug-likeness (QED) is 0.564. The highest BCUT2D eigenvalue weighted by Gasteiger charge is 2.06. The van der Waals surface area contributed by atoms with Gasteiger partial charge in [-0.25, -0.2) is 4.68 Å². The predicted octanol–water partition coefficient (Wildman–Crippen LogP) is 3.90. The molecular formula is C18H17BrN4O2. The molecule has 0 fully saturated rings. The van der Waals surface area contributed by atoms with Crippen LogP contribution in [0.4, 0.5) is 0 Å². The fourth-order valence-electron chi connectivity index (χ4n) is 2.12. The van der Waals surface area contributed by atoms with E-state index in [-0.39, 0.29) is 0 Å². The van der Waals surface area contributed by atoms with Crippen molar-refractivity contribution in [1.82, 2.24) is 14.9 Å². The van der Waals surface area contributed by atoms with Crippen LogP contribution in [0.2, 0.25) is 0 Å². The standard InChI is InChI=1S/C18H17BrN4O2/c1-2-24-18-9-15(10-22-23-12-20-21-13-23)5-8-17(18)25-11-14-3-6-16(19)7-4-14/h3-10,12-13H,2,11H2,1H3/b22-10+. The van der Waals surface area contributed by atoms with Crippen LogP contribution in [0, 0.1) is 0 Å². The van der Waals surface area contributed by atoms with Crippen molar-refractivity contribution in [3.8, 4) is 11.5 Å². The summed E-state index contributed by atoms with van der Waals surface area (Å²) in [4.78, 5) is 0. The van der Waals surface area contributed by atoms with Gasteiger partial charge in [0.2, 0.25) is 0 Å². The van der Waals surface area contributed by atoms with E-state index in [0.717, 1.165) is 15.6 Å². The summed E-state index contributed by atoms with van der Waals surface area (Å²) in [5, 5.41) is 11.6. The number of hydrogen-bond acceptors (Lipinski definition) is 5. The Hall–Kier alpha value is -2.67. The molecule has 0 atom stereocenters. The molecule has 0 aliphatic carbocycles. The van der Waals surface area contributed by atoms with Gasteiger partial charge in [-0.15, -0.1) is 10.2 Å². The van der Waals surface area contributed by atoms with Crippen LogP contribution in [-0.2, 0) is 6.61 Å². The Bertz CT molecular complexity index is 833. The van der Waals surface area contributed by atoms with Crippen LogP contribution >= 0.6 is 15.9 Å². The maximum absolute atomic E-state index is 5.91. The SMILES string of the molecule is CCOc1cc(/C=N/n2cnnc2)ccc1OCc1ccc(Br)cc1. The van der Waals surface area contributed by atoms with Gasteiger partial charge >= 0.3 is 0 Å². The van der Waals surface area contributed by atoms with Crippen molar-refractivity contribution in [2.75, 3.05) is 6.61 Å². The van der Waals surface area contributed by atoms with E-state index < -0.39 is 0 Å². The zero-order valence-corrected chi connectivity index (χ0v) is 15.3. The number of halogens is 1. The minimum absolute atomic E-state index is 0.474. The van der Waals surface area contributed by atoms with Gasteiger partial charge in [0.25, 0.3) is 0 Å². The molecule has 0 spiro atoms. The Morgan fingerprint density at radius 1 is 1.04 bits per heavy atom. The summed E-state index contributed by atoms with van der Waals surface area (Å²) in [6, 6.07) is 13.7. The molecule has 0 aliphatic heterocycles. The van der Waals surface area contributed by atoms with Gasteiger partial charge in [0, 0.05) is 4.47 Å². The largest absolute Gasteiger partial charge is 0.490 e. The molecule has 3 rings (SSSR count). The maximum atomic E-state index is 5.91. The lowest BCUT2D eigenvalue weighted by Crippen LogP contribution is -2.00. The smallest absolute Gasteiger partial charge is 0.161 e. The Balaban J connectivity index is 1.73. The van der Waals surface area contributed by atoms with Crippen molar-refractivity contribution in [1.29, 1.82) is 0 Å². The van der Waals surface area contributed by atoms with E-state index in [2.05, 4.69) is 31.2 Å². The third-order valence-electron chi connectivity index (χ3n) is 3.32. The molecule has 1 heterocycles. The van der Waals surface area contributed by atoms with Crippen LogP contribution in [0.5, 0.6) is 11.5 Å². The number of ether oxygens (including phenoxy) is 2. The van der Waals surface area contributed by atoms with E-state index in [0.29, 0.717) is 24.7 Å². The monoisotopic (exact) mass is 400 g/mol. The summed E-state index contributed by atoms with van der Waals surface area (Å²) in [6.07, 6.45) is 4.76. The van der Waals surface area contributed by atoms with E-state index in [1.54, 1.807) is 6.21 Å². The van der Waals surface area contributed by atoms with Gasteiger partial charge in [0.15, 0.2) is 11.5 Å². The van der Waals surface area contributed by atoms with Crippen LogP contribution in [0.1, 0.15) is 18.1 Å². The molecule has 0 saturated carbocycles. The summed E-state index contributed by atoms with van der Waals surface area (Å²) >= 11 is 3.43. The average molecular weight is 401 g/mol. The third-order valence-corrected chi connectivity index (χ3v) is 3.85. The molecule has 0 radical (unpaired) electrons. The summed E-state index contributed by atoms with van der Waals surface area (Å²) in [7, 11) is 0. The molecule has 0 N–H and O–H groups in total. The molecular weight excluding hydrogens is 384 g/mol. The van der Waals surface area contributed by atoms with Gasteiger partial charge in [-0.1, -0.05) is 28.1 Å². The molecule has 7 heteroatoms. The molecule has 128 valence electrons. The lowest BCUT2D eigenvalue weighted by atomic mass is 10.2. The van der Waals surface area contributed by atoms with Crippen molar-refractivity contribution in [3.63, 3.8) is 0 Å². The number of rotatable bonds is 7. The van der Waals surface area contributed by atoms with Crippen molar-refractivity contribution < 1.29 is 9.47 Å². The van der Waals surface area contributed by atoms with Gasteiger partial charge in [-0.3, -0.25) is 0 Å². The van der Waals surface area contributed by atoms with Gasteiger partial charge in [0.05, 0.1) is 12.8 Å². The lowest BCUT2D eigenvalue weighted by molar-refractivity contribution is 0.269. The third kappa shape index (κ3) is 4.90. The average Bonchev–Trinajstić information content (AvgIpc) is 3.14. The second-order valence-electron chi connectivity index (χ2n) is 5.14. The zero-order chi connectivity index (χ0) is 17.5. The van der Waals surface area contributed by atoms with Gasteiger partial charge in [-0.05, 0) is 48.4 Å². The van der Waals surface area contributed by atoms with Crippen molar-refractivity contribution >= 4 is 22.1 Å². The lowest BCUT2D eigenvalue weighted by Gasteiger charge is -2.12. The number of aromatic nitrogens is 3. The normalized spacial score (nSPS) is 11.0. The molecule has 0 saturated heterocycles. The first-order valence-corrected chi connectivity index (χ1v) is 8.57. The number of hydrogen-bond donors (Lipinski definition) is 0. The summed E-state index contributed by atoms with van der Waals surface area (Å²) < 4.78 is 14.2. The Morgan fingerprint density at radius 2 is 1.80 bits per heavy atom. The first kappa shape index (κ1) is 17.2. The Labute approximate surface area is 154 Å². The predicted molar refractivity (Wildman–Crippen MR) is 99.1 cm³/mol. The Kier molecular flexibility index (Phi) is 5.79. The minimum atomic E-state index is 0.474. The van der Waals surface area contributed by atoms with Crippen LogP contribution < -0.4 is 9.47 Å². The van der Waals surface area contributed by atoms with E-state index in [1.807, 2.05) is 49.4 Å². The van der Waals surface area contributed by atoms with Crippen molar-refractivity contribution in [3.05, 3.63) is 70.7 Å². The molecule has 6 nitrogen and oxygen atoms in total. The molecule has 3 aromatic rings. The number of benzene rings is 2. The van der Waals surface area contributed by atoms with E-state index in [1.165, 1.54) is 17.3 Å². The van der Waals surface area contributed by atoms with E-state index >= 15 is 0 Å². The van der Waals surface area contributed by atoms with Crippen LogP contribution in [0.15, 0.2) is 64.7 Å². The van der Waals surface area contributed by atoms with Gasteiger partial charge in [0.1, 0.15) is 19.3 Å². The second kappa shape index (κ2) is 8.43. The summed E-state index contributed by atoms with van der Waals surface area (Å²) in [6.45, 7) is 2.97. The molecule has 0 unspecified atom stereocenters. The number of nitrogens with zero attached hydrogens (tertiary/aromatic N) is 4. The van der Waals surface area contributed by atoms with Crippen molar-refractivity contribution in [2.45, 2.75) is 13.5 Å². The van der Waals surface area contributed by atoms with Crippen LogP contribution in [0.25, 0.3) is 0 Å². The maximum Gasteiger partial charge on any atom is 0.161 e. The summed E-state index contributed by atoms with van der Waals surface area (Å²) in [5.41, 5.74) is 1.98. The molecule has 0 aliphatic rings. The molecule has 0 bridgehead atoms. The Morgan fingerprint density at radius 3 is 2.52 bits per heavy atom. The summed E-state index contributed by atoms with van der Waals surface area (Å²) in [5.74, 6) is 1.39. The molecule has 2 aromatic carbocycles. The zero-order valence-electron chi connectivity index (χ0n) is 13.7. The van der Waals surface area contributed by atoms with E-state index in [4.69, 9.17) is 9.47 Å². The first-order valence-electron chi connectivity index (χ1n) is 7.77. The molecule has 1 aromatic heterocycles. The van der Waals surface area contributed by atoms with E-state index in [9.17, 15) is 0 Å². The molecule has 0 amide bonds. The highest BCUT2D eigenvalue weighted by Crippen LogP contribution is 2.29. The van der Waals surface area contributed by atoms with Crippen molar-refractivity contribution in [2.24, 2.45) is 5.10 Å². The highest BCUT2D eigenvalue weighted by molar-refractivity contribution is 9.10. The van der Waals surface area contributed by atoms with Gasteiger partial charge < -0.3 is 9.47 Å². The highest BCUT2D eigenvalue weighted by atomic mass is 79.9. The fourth-order valence-corrected chi connectivity index (χ4v) is 2.39.